The molecule has 0 aliphatic carbocycles. The molecule has 0 unspecified atom stereocenters. The monoisotopic (exact) mass is 458 g/mol. The van der Waals surface area contributed by atoms with Crippen LogP contribution in [0.1, 0.15) is 28.1 Å². The lowest BCUT2D eigenvalue weighted by atomic mass is 10.00. The molecule has 172 valence electrons. The van der Waals surface area contributed by atoms with E-state index in [1.807, 2.05) is 49.5 Å². The van der Waals surface area contributed by atoms with E-state index in [-0.39, 0.29) is 0 Å². The molecule has 0 atom stereocenters. The van der Waals surface area contributed by atoms with Gasteiger partial charge in [-0.25, -0.2) is 18.7 Å². The van der Waals surface area contributed by atoms with Crippen molar-refractivity contribution in [3.8, 4) is 0 Å². The number of fused-ring (bicyclic) bond motifs is 1. The molecule has 0 amide bonds. The summed E-state index contributed by atoms with van der Waals surface area (Å²) in [5.74, 6) is 0.671. The zero-order valence-corrected chi connectivity index (χ0v) is 18.7. The maximum Gasteiger partial charge on any atom is 0.255 e. The molecule has 34 heavy (non-hydrogen) atoms. The van der Waals surface area contributed by atoms with Gasteiger partial charge >= 0.3 is 0 Å². The molecule has 0 bridgehead atoms. The third kappa shape index (κ3) is 4.85. The first-order valence-electron chi connectivity index (χ1n) is 10.6. The van der Waals surface area contributed by atoms with Crippen molar-refractivity contribution >= 4 is 28.4 Å². The smallest absolute Gasteiger partial charge is 0.255 e. The van der Waals surface area contributed by atoms with Crippen LogP contribution >= 0.6 is 0 Å². The second-order valence-electron chi connectivity index (χ2n) is 7.69. The molecule has 4 aromatic heterocycles. The van der Waals surface area contributed by atoms with Crippen molar-refractivity contribution in [2.45, 2.75) is 13.3 Å². The molecule has 4 rings (SSSR count). The Balaban J connectivity index is 1.56. The lowest BCUT2D eigenvalue weighted by molar-refractivity contribution is 0.151. The molecular weight excluding hydrogens is 434 g/mol. The van der Waals surface area contributed by atoms with Gasteiger partial charge in [-0.2, -0.15) is 0 Å². The van der Waals surface area contributed by atoms with Crippen LogP contribution < -0.4 is 10.6 Å². The Morgan fingerprint density at radius 3 is 2.47 bits per heavy atom. The Morgan fingerprint density at radius 2 is 1.76 bits per heavy atom. The summed E-state index contributed by atoms with van der Waals surface area (Å²) in [5.41, 5.74) is 6.61. The lowest BCUT2D eigenvalue weighted by Gasteiger charge is -2.14. The van der Waals surface area contributed by atoms with E-state index in [0.717, 1.165) is 33.7 Å². The highest BCUT2D eigenvalue weighted by Gasteiger charge is 2.13. The normalized spacial score (nSPS) is 10.9. The third-order valence-corrected chi connectivity index (χ3v) is 5.35. The highest BCUT2D eigenvalue weighted by Crippen LogP contribution is 2.27. The number of hydrogen-bond donors (Lipinski definition) is 2. The van der Waals surface area contributed by atoms with Gasteiger partial charge in [0.2, 0.25) is 0 Å². The Labute approximate surface area is 196 Å². The molecular formula is C26H24F2N6. The number of halogens is 2. The molecule has 8 heteroatoms. The van der Waals surface area contributed by atoms with Crippen molar-refractivity contribution in [1.29, 1.82) is 0 Å². The molecule has 4 aromatic rings. The average molecular weight is 459 g/mol. The number of imidazole rings is 1. The molecule has 0 radical (unpaired) electrons. The summed E-state index contributed by atoms with van der Waals surface area (Å²) < 4.78 is 27.0. The van der Waals surface area contributed by atoms with E-state index >= 15 is 0 Å². The summed E-state index contributed by atoms with van der Waals surface area (Å²) >= 11 is 0. The van der Waals surface area contributed by atoms with Crippen molar-refractivity contribution in [1.82, 2.24) is 24.7 Å². The van der Waals surface area contributed by atoms with Crippen molar-refractivity contribution in [3.05, 3.63) is 109 Å². The maximum absolute atomic E-state index is 12.6. The largest absolute Gasteiger partial charge is 0.378 e. The van der Waals surface area contributed by atoms with Gasteiger partial charge in [0.05, 0.1) is 24.1 Å². The van der Waals surface area contributed by atoms with Crippen molar-refractivity contribution in [2.75, 3.05) is 11.9 Å². The first-order chi connectivity index (χ1) is 16.3. The van der Waals surface area contributed by atoms with Gasteiger partial charge in [0.25, 0.3) is 6.43 Å². The molecule has 0 aliphatic heterocycles. The van der Waals surface area contributed by atoms with Crippen LogP contribution in [-0.4, -0.2) is 32.3 Å². The minimum Gasteiger partial charge on any atom is -0.378 e. The third-order valence-electron chi connectivity index (χ3n) is 5.35. The second-order valence-corrected chi connectivity index (χ2v) is 7.69. The number of alkyl halides is 2. The van der Waals surface area contributed by atoms with Gasteiger partial charge in [0.15, 0.2) is 0 Å². The molecule has 0 saturated carbocycles. The van der Waals surface area contributed by atoms with Crippen LogP contribution in [0.15, 0.2) is 80.9 Å². The fourth-order valence-corrected chi connectivity index (χ4v) is 3.56. The van der Waals surface area contributed by atoms with E-state index in [9.17, 15) is 8.78 Å². The quantitative estimate of drug-likeness (QED) is 0.351. The summed E-state index contributed by atoms with van der Waals surface area (Å²) in [6.45, 7) is 13.6. The molecule has 2 N–H and O–H groups in total. The van der Waals surface area contributed by atoms with Gasteiger partial charge in [-0.15, -0.1) is 0 Å². The van der Waals surface area contributed by atoms with Crippen LogP contribution in [0.3, 0.4) is 0 Å². The number of pyridine rings is 3. The Hall–Kier alpha value is -4.33. The van der Waals surface area contributed by atoms with E-state index in [1.54, 1.807) is 23.0 Å². The molecule has 0 aromatic carbocycles. The maximum atomic E-state index is 12.6. The number of rotatable bonds is 9. The fraction of sp³-hybridized carbons (Fsp3) is 0.115. The summed E-state index contributed by atoms with van der Waals surface area (Å²) in [7, 11) is 0. The van der Waals surface area contributed by atoms with Crippen LogP contribution in [0.2, 0.25) is 0 Å². The number of aromatic nitrogens is 4. The number of nitrogens with zero attached hydrogens (tertiary/aromatic N) is 4. The standard InChI is InChI=1S/C26H24F2N6/c1-16(21-5-8-26-31-13-23(34(26)15-21)19(4)30-14-24(27)28)22-6-7-25(33-18(22)3)32-17(2)20-9-11-29-12-10-20/h5-13,15,24,30H,1-2,4,14H2,3H3,(H,32,33). The van der Waals surface area contributed by atoms with Gasteiger partial charge in [-0.3, -0.25) is 9.38 Å². The molecule has 6 nitrogen and oxygen atoms in total. The van der Waals surface area contributed by atoms with Crippen molar-refractivity contribution < 1.29 is 8.78 Å². The Bertz CT molecular complexity index is 1370. The van der Waals surface area contributed by atoms with E-state index < -0.39 is 13.0 Å². The highest BCUT2D eigenvalue weighted by molar-refractivity contribution is 5.81. The predicted octanol–water partition coefficient (Wildman–Crippen LogP) is 5.40. The second kappa shape index (κ2) is 9.66. The average Bonchev–Trinajstić information content (AvgIpc) is 3.26. The van der Waals surface area contributed by atoms with Gasteiger partial charge in [0.1, 0.15) is 11.5 Å². The zero-order chi connectivity index (χ0) is 24.2. The van der Waals surface area contributed by atoms with Crippen LogP contribution in [0.4, 0.5) is 14.6 Å². The Kier molecular flexibility index (Phi) is 6.49. The summed E-state index contributed by atoms with van der Waals surface area (Å²) in [5, 5.41) is 5.86. The van der Waals surface area contributed by atoms with Gasteiger partial charge in [-0.1, -0.05) is 19.7 Å². The van der Waals surface area contributed by atoms with Crippen molar-refractivity contribution in [3.63, 3.8) is 0 Å². The van der Waals surface area contributed by atoms with Crippen LogP contribution in [-0.2, 0) is 0 Å². The van der Waals surface area contributed by atoms with Crippen LogP contribution in [0, 0.1) is 6.92 Å². The first-order valence-corrected chi connectivity index (χ1v) is 10.6. The van der Waals surface area contributed by atoms with Gasteiger partial charge in [0, 0.05) is 41.1 Å². The van der Waals surface area contributed by atoms with E-state index in [1.165, 1.54) is 0 Å². The summed E-state index contributed by atoms with van der Waals surface area (Å²) in [6.07, 6.45) is 4.42. The molecule has 0 spiro atoms. The molecule has 0 fully saturated rings. The van der Waals surface area contributed by atoms with E-state index in [4.69, 9.17) is 0 Å². The van der Waals surface area contributed by atoms with E-state index in [0.29, 0.717) is 22.9 Å². The lowest BCUT2D eigenvalue weighted by Crippen LogP contribution is -2.19. The highest BCUT2D eigenvalue weighted by atomic mass is 19.3. The van der Waals surface area contributed by atoms with Crippen molar-refractivity contribution in [2.24, 2.45) is 0 Å². The fourth-order valence-electron chi connectivity index (χ4n) is 3.56. The molecule has 4 heterocycles. The SMILES string of the molecule is C=C(Nc1ccc(C(=C)c2ccc3ncc(C(=C)NCC(F)F)n3c2)c(C)n1)c1ccncc1. The number of anilines is 1. The topological polar surface area (TPSA) is 67.1 Å². The number of nitrogens with one attached hydrogen (secondary N) is 2. The first kappa shape index (κ1) is 22.8. The van der Waals surface area contributed by atoms with Gasteiger partial charge in [-0.05, 0) is 54.5 Å². The van der Waals surface area contributed by atoms with Crippen LogP contribution in [0.5, 0.6) is 0 Å². The zero-order valence-electron chi connectivity index (χ0n) is 18.7. The van der Waals surface area contributed by atoms with Crippen LogP contribution in [0.25, 0.3) is 22.6 Å². The van der Waals surface area contributed by atoms with E-state index in [2.05, 4.69) is 45.3 Å². The minimum atomic E-state index is -2.47. The summed E-state index contributed by atoms with van der Waals surface area (Å²) in [4.78, 5) is 13.0. The predicted molar refractivity (Wildman–Crippen MR) is 132 cm³/mol. The Morgan fingerprint density at radius 1 is 1.00 bits per heavy atom. The van der Waals surface area contributed by atoms with Gasteiger partial charge < -0.3 is 10.6 Å². The summed E-state index contributed by atoms with van der Waals surface area (Å²) in [6, 6.07) is 11.3. The molecule has 0 aliphatic rings. The number of aryl methyl sites for hydroxylation is 1. The number of hydrogen-bond acceptors (Lipinski definition) is 5. The minimum absolute atomic E-state index is 0.373. The molecule has 0 saturated heterocycles.